The van der Waals surface area contributed by atoms with Crippen molar-refractivity contribution in [3.63, 3.8) is 0 Å². The summed E-state index contributed by atoms with van der Waals surface area (Å²) in [4.78, 5) is 12.5. The standard InChI is InChI=1S/C15H21N3O4S.ClH/c1-22-13-3-2-10(23(16,20)21)8-12(13)18-14(19)11-9-15(11)4-6-17-7-5-15;/h2-3,8,11,17H,4-7,9H2,1H3,(H,18,19)(H2,16,20,21);1H. The van der Waals surface area contributed by atoms with Crippen LogP contribution in [-0.4, -0.2) is 34.5 Å². The summed E-state index contributed by atoms with van der Waals surface area (Å²) in [6.45, 7) is 1.88. The molecule has 2 aliphatic rings. The molecule has 1 aliphatic carbocycles. The number of sulfonamides is 1. The largest absolute Gasteiger partial charge is 0.495 e. The van der Waals surface area contributed by atoms with Gasteiger partial charge in [0.1, 0.15) is 5.75 Å². The summed E-state index contributed by atoms with van der Waals surface area (Å²) < 4.78 is 28.1. The average molecular weight is 376 g/mol. The van der Waals surface area contributed by atoms with Crippen LogP contribution in [0, 0.1) is 11.3 Å². The second kappa shape index (κ2) is 6.87. The monoisotopic (exact) mass is 375 g/mol. The normalized spacial score (nSPS) is 21.7. The van der Waals surface area contributed by atoms with Crippen molar-refractivity contribution in [1.82, 2.24) is 5.32 Å². The van der Waals surface area contributed by atoms with Crippen LogP contribution in [0.2, 0.25) is 0 Å². The number of methoxy groups -OCH3 is 1. The molecular weight excluding hydrogens is 354 g/mol. The molecule has 24 heavy (non-hydrogen) atoms. The van der Waals surface area contributed by atoms with Crippen LogP contribution in [0.25, 0.3) is 0 Å². The fraction of sp³-hybridized carbons (Fsp3) is 0.533. The third kappa shape index (κ3) is 3.66. The molecule has 134 valence electrons. The van der Waals surface area contributed by atoms with Gasteiger partial charge in [0.15, 0.2) is 0 Å². The highest BCUT2D eigenvalue weighted by Crippen LogP contribution is 2.58. The smallest absolute Gasteiger partial charge is 0.238 e. The van der Waals surface area contributed by atoms with Crippen LogP contribution >= 0.6 is 12.4 Å². The summed E-state index contributed by atoms with van der Waals surface area (Å²) in [6.07, 6.45) is 2.89. The Hall–Kier alpha value is -1.35. The molecule has 4 N–H and O–H groups in total. The fourth-order valence-electron chi connectivity index (χ4n) is 3.38. The Morgan fingerprint density at radius 3 is 2.62 bits per heavy atom. The van der Waals surface area contributed by atoms with Gasteiger partial charge in [-0.1, -0.05) is 0 Å². The molecule has 0 radical (unpaired) electrons. The van der Waals surface area contributed by atoms with Crippen LogP contribution in [0.4, 0.5) is 5.69 Å². The van der Waals surface area contributed by atoms with Crippen molar-refractivity contribution < 1.29 is 17.9 Å². The second-order valence-corrected chi connectivity index (χ2v) is 7.83. The van der Waals surface area contributed by atoms with E-state index in [9.17, 15) is 13.2 Å². The summed E-state index contributed by atoms with van der Waals surface area (Å²) in [7, 11) is -2.37. The van der Waals surface area contributed by atoms with Crippen molar-refractivity contribution in [2.45, 2.75) is 24.2 Å². The van der Waals surface area contributed by atoms with E-state index in [4.69, 9.17) is 9.88 Å². The molecule has 1 aliphatic heterocycles. The van der Waals surface area contributed by atoms with E-state index in [2.05, 4.69) is 10.6 Å². The SMILES string of the molecule is COc1ccc(S(N)(=O)=O)cc1NC(=O)C1CC12CCNCC2.Cl. The summed E-state index contributed by atoms with van der Waals surface area (Å²) in [5.41, 5.74) is 0.445. The van der Waals surface area contributed by atoms with E-state index in [0.29, 0.717) is 11.4 Å². The van der Waals surface area contributed by atoms with Crippen molar-refractivity contribution in [3.8, 4) is 5.75 Å². The van der Waals surface area contributed by atoms with Gasteiger partial charge in [0, 0.05) is 5.92 Å². The molecule has 1 saturated heterocycles. The lowest BCUT2D eigenvalue weighted by Gasteiger charge is -2.23. The Morgan fingerprint density at radius 1 is 1.38 bits per heavy atom. The van der Waals surface area contributed by atoms with Gasteiger partial charge in [0.2, 0.25) is 15.9 Å². The van der Waals surface area contributed by atoms with Gasteiger partial charge in [-0.2, -0.15) is 0 Å². The van der Waals surface area contributed by atoms with Crippen LogP contribution in [0.5, 0.6) is 5.75 Å². The number of carbonyl (C=O) groups excluding carboxylic acids is 1. The van der Waals surface area contributed by atoms with Crippen LogP contribution in [-0.2, 0) is 14.8 Å². The molecular formula is C15H22ClN3O4S. The molecule has 9 heteroatoms. The quantitative estimate of drug-likeness (QED) is 0.729. The van der Waals surface area contributed by atoms with Gasteiger partial charge < -0.3 is 15.4 Å². The predicted octanol–water partition coefficient (Wildman–Crippen LogP) is 1.09. The first-order valence-corrected chi connectivity index (χ1v) is 9.13. The minimum absolute atomic E-state index is 0. The lowest BCUT2D eigenvalue weighted by atomic mass is 9.92. The average Bonchev–Trinajstić information content (AvgIpc) is 3.20. The maximum absolute atomic E-state index is 12.5. The van der Waals surface area contributed by atoms with Crippen molar-refractivity contribution in [1.29, 1.82) is 0 Å². The van der Waals surface area contributed by atoms with Gasteiger partial charge in [-0.3, -0.25) is 4.79 Å². The van der Waals surface area contributed by atoms with Crippen molar-refractivity contribution in [3.05, 3.63) is 18.2 Å². The van der Waals surface area contributed by atoms with Crippen molar-refractivity contribution in [2.75, 3.05) is 25.5 Å². The Kier molecular flexibility index (Phi) is 5.44. The minimum Gasteiger partial charge on any atom is -0.495 e. The fourth-order valence-corrected chi connectivity index (χ4v) is 3.92. The van der Waals surface area contributed by atoms with E-state index in [-0.39, 0.29) is 34.5 Å². The Bertz CT molecular complexity index is 732. The van der Waals surface area contributed by atoms with Crippen LogP contribution in [0.3, 0.4) is 0 Å². The zero-order valence-electron chi connectivity index (χ0n) is 13.4. The van der Waals surface area contributed by atoms with E-state index < -0.39 is 10.0 Å². The molecule has 1 amide bonds. The number of hydrogen-bond donors (Lipinski definition) is 3. The topological polar surface area (TPSA) is 111 Å². The Morgan fingerprint density at radius 2 is 2.04 bits per heavy atom. The lowest BCUT2D eigenvalue weighted by Crippen LogP contribution is -2.31. The van der Waals surface area contributed by atoms with E-state index in [1.165, 1.54) is 25.3 Å². The number of halogens is 1. The number of ether oxygens (including phenoxy) is 1. The number of rotatable bonds is 4. The number of nitrogens with one attached hydrogen (secondary N) is 2. The number of hydrogen-bond acceptors (Lipinski definition) is 5. The molecule has 1 unspecified atom stereocenters. The third-order valence-electron chi connectivity index (χ3n) is 4.86. The molecule has 0 aromatic heterocycles. The van der Waals surface area contributed by atoms with Gasteiger partial charge >= 0.3 is 0 Å². The number of anilines is 1. The van der Waals surface area contributed by atoms with Crippen LogP contribution in [0.15, 0.2) is 23.1 Å². The Balaban J connectivity index is 0.00000208. The molecule has 1 aromatic rings. The summed E-state index contributed by atoms with van der Waals surface area (Å²) >= 11 is 0. The number of primary sulfonamides is 1. The van der Waals surface area contributed by atoms with Crippen LogP contribution < -0.4 is 20.5 Å². The number of carbonyl (C=O) groups is 1. The number of amides is 1. The first-order valence-electron chi connectivity index (χ1n) is 7.58. The molecule has 2 fully saturated rings. The van der Waals surface area contributed by atoms with Crippen LogP contribution in [0.1, 0.15) is 19.3 Å². The maximum atomic E-state index is 12.5. The second-order valence-electron chi connectivity index (χ2n) is 6.27. The summed E-state index contributed by atoms with van der Waals surface area (Å²) in [6, 6.07) is 4.18. The zero-order chi connectivity index (χ0) is 16.7. The molecule has 0 bridgehead atoms. The molecule has 1 spiro atoms. The Labute approximate surface area is 147 Å². The highest BCUT2D eigenvalue weighted by molar-refractivity contribution is 7.89. The zero-order valence-corrected chi connectivity index (χ0v) is 15.0. The van der Waals surface area contributed by atoms with Gasteiger partial charge in [0.05, 0.1) is 17.7 Å². The lowest BCUT2D eigenvalue weighted by molar-refractivity contribution is -0.118. The van der Waals surface area contributed by atoms with Gasteiger partial charge in [-0.05, 0) is 56.0 Å². The molecule has 3 rings (SSSR count). The molecule has 1 aromatic carbocycles. The van der Waals surface area contributed by atoms with Gasteiger partial charge in [-0.25, -0.2) is 13.6 Å². The van der Waals surface area contributed by atoms with Gasteiger partial charge in [-0.15, -0.1) is 12.4 Å². The summed E-state index contributed by atoms with van der Waals surface area (Å²) in [5.74, 6) is 0.301. The maximum Gasteiger partial charge on any atom is 0.238 e. The highest BCUT2D eigenvalue weighted by atomic mass is 35.5. The van der Waals surface area contributed by atoms with E-state index in [0.717, 1.165) is 32.4 Å². The van der Waals surface area contributed by atoms with E-state index in [1.54, 1.807) is 0 Å². The van der Waals surface area contributed by atoms with E-state index in [1.807, 2.05) is 0 Å². The predicted molar refractivity (Wildman–Crippen MR) is 92.9 cm³/mol. The highest BCUT2D eigenvalue weighted by Gasteiger charge is 2.57. The number of piperidine rings is 1. The van der Waals surface area contributed by atoms with E-state index >= 15 is 0 Å². The molecule has 1 heterocycles. The number of nitrogens with two attached hydrogens (primary N) is 1. The van der Waals surface area contributed by atoms with Crippen molar-refractivity contribution >= 4 is 34.0 Å². The first-order chi connectivity index (χ1) is 10.9. The molecule has 7 nitrogen and oxygen atoms in total. The van der Waals surface area contributed by atoms with Crippen molar-refractivity contribution in [2.24, 2.45) is 16.5 Å². The first kappa shape index (κ1) is 19.0. The number of benzene rings is 1. The summed E-state index contributed by atoms with van der Waals surface area (Å²) in [5, 5.41) is 11.2. The molecule has 1 saturated carbocycles. The molecule has 1 atom stereocenters. The third-order valence-corrected chi connectivity index (χ3v) is 5.77. The van der Waals surface area contributed by atoms with Gasteiger partial charge in [0.25, 0.3) is 0 Å². The minimum atomic E-state index is -3.83.